The smallest absolute Gasteiger partial charge is 0.00173 e. The first-order chi connectivity index (χ1) is 9.88. The summed E-state index contributed by atoms with van der Waals surface area (Å²) in [7, 11) is 2.02. The van der Waals surface area contributed by atoms with Gasteiger partial charge in [-0.1, -0.05) is 6.92 Å². The van der Waals surface area contributed by atoms with Crippen LogP contribution in [0.2, 0.25) is 0 Å². The van der Waals surface area contributed by atoms with E-state index in [4.69, 9.17) is 0 Å². The average Bonchev–Trinajstić information content (AvgIpc) is 3.20. The van der Waals surface area contributed by atoms with Crippen LogP contribution in [0.3, 0.4) is 0 Å². The maximum absolute atomic E-state index is 3.61. The van der Waals surface area contributed by atoms with Gasteiger partial charge in [-0.15, -0.1) is 0 Å². The van der Waals surface area contributed by atoms with E-state index in [-0.39, 0.29) is 0 Å². The lowest BCUT2D eigenvalue weighted by Gasteiger charge is -2.06. The molecule has 0 aromatic carbocycles. The summed E-state index contributed by atoms with van der Waals surface area (Å²) in [6.45, 7) is 10.4. The minimum Gasteiger partial charge on any atom is -0.320 e. The lowest BCUT2D eigenvalue weighted by atomic mass is 10.2. The fraction of sp³-hybridized carbons (Fsp3) is 1.00. The van der Waals surface area contributed by atoms with E-state index in [0.29, 0.717) is 0 Å². The topological polar surface area (TPSA) is 48.1 Å². The molecule has 1 rings (SSSR count). The van der Waals surface area contributed by atoms with E-state index in [1.54, 1.807) is 0 Å². The van der Waals surface area contributed by atoms with E-state index in [0.717, 1.165) is 24.9 Å². The summed E-state index contributed by atoms with van der Waals surface area (Å²) < 4.78 is 0. The van der Waals surface area contributed by atoms with Crippen molar-refractivity contribution in [1.82, 2.24) is 21.3 Å². The van der Waals surface area contributed by atoms with Gasteiger partial charge in [0.2, 0.25) is 0 Å². The summed E-state index contributed by atoms with van der Waals surface area (Å²) in [4.78, 5) is 0. The Morgan fingerprint density at radius 1 is 0.750 bits per heavy atom. The SMILES string of the molecule is CCNCCCCNC[C@@H]1C[C@@H]1CNCCCCNC. The summed E-state index contributed by atoms with van der Waals surface area (Å²) >= 11 is 0. The molecule has 1 fully saturated rings. The quantitative estimate of drug-likeness (QED) is 0.341. The van der Waals surface area contributed by atoms with Gasteiger partial charge in [0.15, 0.2) is 0 Å². The average molecular weight is 284 g/mol. The summed E-state index contributed by atoms with van der Waals surface area (Å²) in [5, 5.41) is 13.8. The van der Waals surface area contributed by atoms with Crippen molar-refractivity contribution >= 4 is 0 Å². The summed E-state index contributed by atoms with van der Waals surface area (Å²) in [6, 6.07) is 0. The van der Waals surface area contributed by atoms with Crippen molar-refractivity contribution in [3.05, 3.63) is 0 Å². The first kappa shape index (κ1) is 17.9. The van der Waals surface area contributed by atoms with Crippen molar-refractivity contribution in [3.8, 4) is 0 Å². The standard InChI is InChI=1S/C16H36N4/c1-3-18-9-6-7-11-20-14-16-12-15(16)13-19-10-5-4-8-17-2/h15-20H,3-14H2,1-2H3/t15-,16+/m1/s1. The molecule has 2 atom stereocenters. The van der Waals surface area contributed by atoms with Crippen molar-refractivity contribution in [2.24, 2.45) is 11.8 Å². The molecule has 1 saturated carbocycles. The van der Waals surface area contributed by atoms with E-state index in [1.165, 1.54) is 64.8 Å². The highest BCUT2D eigenvalue weighted by Crippen LogP contribution is 2.36. The fourth-order valence-electron chi connectivity index (χ4n) is 2.61. The van der Waals surface area contributed by atoms with E-state index in [1.807, 2.05) is 7.05 Å². The molecular weight excluding hydrogens is 248 g/mol. The van der Waals surface area contributed by atoms with Crippen LogP contribution >= 0.6 is 0 Å². The molecule has 0 aromatic heterocycles. The van der Waals surface area contributed by atoms with Gasteiger partial charge in [0.25, 0.3) is 0 Å². The van der Waals surface area contributed by atoms with Gasteiger partial charge in [0, 0.05) is 0 Å². The molecule has 120 valence electrons. The number of nitrogens with one attached hydrogen (secondary N) is 4. The van der Waals surface area contributed by atoms with E-state index >= 15 is 0 Å². The van der Waals surface area contributed by atoms with Gasteiger partial charge in [0.05, 0.1) is 0 Å². The predicted molar refractivity (Wildman–Crippen MR) is 88.3 cm³/mol. The minimum atomic E-state index is 0.938. The van der Waals surface area contributed by atoms with Crippen LogP contribution in [0.5, 0.6) is 0 Å². The highest BCUT2D eigenvalue weighted by molar-refractivity contribution is 4.89. The van der Waals surface area contributed by atoms with Crippen molar-refractivity contribution in [2.75, 3.05) is 52.9 Å². The third kappa shape index (κ3) is 9.70. The minimum absolute atomic E-state index is 0.938. The number of unbranched alkanes of at least 4 members (excludes halogenated alkanes) is 2. The van der Waals surface area contributed by atoms with Gasteiger partial charge >= 0.3 is 0 Å². The molecule has 20 heavy (non-hydrogen) atoms. The Hall–Kier alpha value is -0.160. The molecule has 4 N–H and O–H groups in total. The monoisotopic (exact) mass is 284 g/mol. The second-order valence-corrected chi connectivity index (χ2v) is 6.04. The largest absolute Gasteiger partial charge is 0.320 e. The lowest BCUT2D eigenvalue weighted by molar-refractivity contribution is 0.533. The molecule has 0 spiro atoms. The Labute approximate surface area is 125 Å². The molecule has 0 heterocycles. The van der Waals surface area contributed by atoms with Gasteiger partial charge in [-0.05, 0) is 96.8 Å². The van der Waals surface area contributed by atoms with E-state index in [2.05, 4.69) is 28.2 Å². The molecule has 0 bridgehead atoms. The van der Waals surface area contributed by atoms with Crippen LogP contribution in [0.1, 0.15) is 39.0 Å². The predicted octanol–water partition coefficient (Wildman–Crippen LogP) is 1.19. The zero-order chi connectivity index (χ0) is 14.5. The molecule has 0 radical (unpaired) electrons. The molecule has 0 unspecified atom stereocenters. The third-order valence-corrected chi connectivity index (χ3v) is 4.12. The van der Waals surface area contributed by atoms with Crippen LogP contribution in [0.4, 0.5) is 0 Å². The fourth-order valence-corrected chi connectivity index (χ4v) is 2.61. The Morgan fingerprint density at radius 2 is 1.25 bits per heavy atom. The first-order valence-electron chi connectivity index (χ1n) is 8.65. The normalized spacial score (nSPS) is 21.3. The van der Waals surface area contributed by atoms with Crippen molar-refractivity contribution in [1.29, 1.82) is 0 Å². The van der Waals surface area contributed by atoms with Crippen LogP contribution in [-0.2, 0) is 0 Å². The number of rotatable bonds is 15. The Balaban J connectivity index is 1.75. The maximum Gasteiger partial charge on any atom is -0.00173 e. The number of hydrogen-bond donors (Lipinski definition) is 4. The van der Waals surface area contributed by atoms with Gasteiger partial charge in [-0.3, -0.25) is 0 Å². The molecule has 1 aliphatic rings. The molecule has 4 nitrogen and oxygen atoms in total. The Morgan fingerprint density at radius 3 is 1.75 bits per heavy atom. The summed E-state index contributed by atoms with van der Waals surface area (Å²) in [6.07, 6.45) is 6.60. The highest BCUT2D eigenvalue weighted by Gasteiger charge is 2.35. The molecule has 0 aliphatic heterocycles. The number of hydrogen-bond acceptors (Lipinski definition) is 4. The molecule has 0 amide bonds. The van der Waals surface area contributed by atoms with Crippen LogP contribution in [-0.4, -0.2) is 52.9 Å². The van der Waals surface area contributed by atoms with Crippen LogP contribution < -0.4 is 21.3 Å². The van der Waals surface area contributed by atoms with Crippen LogP contribution in [0.15, 0.2) is 0 Å². The Kier molecular flexibility index (Phi) is 11.2. The molecule has 0 saturated heterocycles. The van der Waals surface area contributed by atoms with Crippen molar-refractivity contribution in [2.45, 2.75) is 39.0 Å². The Bertz CT molecular complexity index is 211. The van der Waals surface area contributed by atoms with E-state index < -0.39 is 0 Å². The summed E-state index contributed by atoms with van der Waals surface area (Å²) in [5.41, 5.74) is 0. The zero-order valence-corrected chi connectivity index (χ0v) is 13.6. The molecular formula is C16H36N4. The zero-order valence-electron chi connectivity index (χ0n) is 13.6. The third-order valence-electron chi connectivity index (χ3n) is 4.12. The van der Waals surface area contributed by atoms with Crippen molar-refractivity contribution in [3.63, 3.8) is 0 Å². The maximum atomic E-state index is 3.61. The first-order valence-corrected chi connectivity index (χ1v) is 8.65. The molecule has 0 aromatic rings. The second kappa shape index (κ2) is 12.6. The molecule has 1 aliphatic carbocycles. The second-order valence-electron chi connectivity index (χ2n) is 6.04. The van der Waals surface area contributed by atoms with Gasteiger partial charge in [-0.2, -0.15) is 0 Å². The van der Waals surface area contributed by atoms with Gasteiger partial charge in [0.1, 0.15) is 0 Å². The summed E-state index contributed by atoms with van der Waals surface area (Å²) in [5.74, 6) is 1.88. The van der Waals surface area contributed by atoms with Crippen molar-refractivity contribution < 1.29 is 0 Å². The van der Waals surface area contributed by atoms with Gasteiger partial charge < -0.3 is 21.3 Å². The van der Waals surface area contributed by atoms with Crippen LogP contribution in [0.25, 0.3) is 0 Å². The van der Waals surface area contributed by atoms with Crippen LogP contribution in [0, 0.1) is 11.8 Å². The molecule has 4 heteroatoms. The highest BCUT2D eigenvalue weighted by atomic mass is 14.9. The lowest BCUT2D eigenvalue weighted by Crippen LogP contribution is -2.23. The van der Waals surface area contributed by atoms with E-state index in [9.17, 15) is 0 Å². The van der Waals surface area contributed by atoms with Gasteiger partial charge in [-0.25, -0.2) is 0 Å².